The number of ether oxygens (including phenoxy) is 3. The van der Waals surface area contributed by atoms with Crippen molar-refractivity contribution in [2.24, 2.45) is 5.92 Å². The molecule has 0 heterocycles. The van der Waals surface area contributed by atoms with Gasteiger partial charge in [0.1, 0.15) is 0 Å². The number of methoxy groups -OCH3 is 3. The highest BCUT2D eigenvalue weighted by atomic mass is 16.5. The number of carbonyl (C=O) groups is 3. The van der Waals surface area contributed by atoms with Gasteiger partial charge in [0.2, 0.25) is 0 Å². The van der Waals surface area contributed by atoms with Crippen molar-refractivity contribution in [3.8, 4) is 0 Å². The van der Waals surface area contributed by atoms with E-state index in [0.29, 0.717) is 6.42 Å². The van der Waals surface area contributed by atoms with E-state index in [9.17, 15) is 14.4 Å². The van der Waals surface area contributed by atoms with Crippen molar-refractivity contribution in [3.63, 3.8) is 0 Å². The van der Waals surface area contributed by atoms with Crippen LogP contribution in [0.15, 0.2) is 11.6 Å². The molecule has 0 aromatic carbocycles. The quantitative estimate of drug-likeness (QED) is 0.280. The predicted molar refractivity (Wildman–Crippen MR) is 76.4 cm³/mol. The fourth-order valence-electron chi connectivity index (χ4n) is 1.85. The Kier molecular flexibility index (Phi) is 9.92. The monoisotopic (exact) mass is 300 g/mol. The van der Waals surface area contributed by atoms with Gasteiger partial charge in [-0.15, -0.1) is 0 Å². The highest BCUT2D eigenvalue weighted by Gasteiger charge is 2.31. The van der Waals surface area contributed by atoms with Gasteiger partial charge in [-0.05, 0) is 12.8 Å². The van der Waals surface area contributed by atoms with Crippen molar-refractivity contribution in [1.29, 1.82) is 0 Å². The third-order valence-corrected chi connectivity index (χ3v) is 3.05. The maximum Gasteiger partial charge on any atom is 0.334 e. The van der Waals surface area contributed by atoms with Gasteiger partial charge in [-0.2, -0.15) is 0 Å². The second-order valence-electron chi connectivity index (χ2n) is 4.50. The molecular weight excluding hydrogens is 276 g/mol. The molecule has 1 unspecified atom stereocenters. The van der Waals surface area contributed by atoms with Crippen LogP contribution in [0.3, 0.4) is 0 Å². The number of hydrogen-bond acceptors (Lipinski definition) is 6. The van der Waals surface area contributed by atoms with E-state index in [2.05, 4.69) is 16.4 Å². The summed E-state index contributed by atoms with van der Waals surface area (Å²) >= 11 is 0. The number of allylic oxidation sites excluding steroid dienone is 1. The third-order valence-electron chi connectivity index (χ3n) is 3.05. The zero-order valence-corrected chi connectivity index (χ0v) is 13.1. The summed E-state index contributed by atoms with van der Waals surface area (Å²) in [7, 11) is 3.66. The minimum atomic E-state index is -1.00. The van der Waals surface area contributed by atoms with Gasteiger partial charge in [0, 0.05) is 5.57 Å². The van der Waals surface area contributed by atoms with Crippen molar-refractivity contribution < 1.29 is 28.6 Å². The van der Waals surface area contributed by atoms with Crippen LogP contribution in [0, 0.1) is 5.92 Å². The zero-order chi connectivity index (χ0) is 16.3. The Hall–Kier alpha value is -1.85. The maximum atomic E-state index is 11.9. The van der Waals surface area contributed by atoms with Crippen LogP contribution in [-0.2, 0) is 28.6 Å². The molecule has 21 heavy (non-hydrogen) atoms. The number of esters is 3. The lowest BCUT2D eigenvalue weighted by Crippen LogP contribution is -2.27. The molecule has 0 spiro atoms. The zero-order valence-electron chi connectivity index (χ0n) is 13.1. The second kappa shape index (κ2) is 10.9. The summed E-state index contributed by atoms with van der Waals surface area (Å²) in [4.78, 5) is 35.1. The Morgan fingerprint density at radius 3 is 2.14 bits per heavy atom. The van der Waals surface area contributed by atoms with Crippen LogP contribution < -0.4 is 0 Å². The molecule has 0 aliphatic rings. The molecule has 0 rings (SSSR count). The molecule has 0 aromatic heterocycles. The highest BCUT2D eigenvalue weighted by Crippen LogP contribution is 2.21. The fourth-order valence-corrected chi connectivity index (χ4v) is 1.85. The van der Waals surface area contributed by atoms with Crippen molar-refractivity contribution in [2.45, 2.75) is 39.0 Å². The number of unbranched alkanes of at least 4 members (excludes halogenated alkanes) is 3. The Balaban J connectivity index is 5.21. The van der Waals surface area contributed by atoms with Crippen molar-refractivity contribution >= 4 is 17.9 Å². The molecule has 0 amide bonds. The van der Waals surface area contributed by atoms with E-state index in [1.54, 1.807) is 6.08 Å². The molecule has 0 fully saturated rings. The lowest BCUT2D eigenvalue weighted by Gasteiger charge is -2.16. The summed E-state index contributed by atoms with van der Waals surface area (Å²) in [5, 5.41) is 0. The molecule has 0 bridgehead atoms. The van der Waals surface area contributed by atoms with Crippen LogP contribution in [0.25, 0.3) is 0 Å². The largest absolute Gasteiger partial charge is 0.469 e. The van der Waals surface area contributed by atoms with Gasteiger partial charge in [0.15, 0.2) is 0 Å². The first-order valence-corrected chi connectivity index (χ1v) is 6.94. The van der Waals surface area contributed by atoms with Crippen LogP contribution >= 0.6 is 0 Å². The van der Waals surface area contributed by atoms with Crippen LogP contribution in [0.5, 0.6) is 0 Å². The van der Waals surface area contributed by atoms with Crippen LogP contribution in [0.1, 0.15) is 39.0 Å². The molecule has 0 aromatic rings. The van der Waals surface area contributed by atoms with Crippen molar-refractivity contribution in [2.75, 3.05) is 21.3 Å². The Morgan fingerprint density at radius 2 is 1.67 bits per heavy atom. The van der Waals surface area contributed by atoms with E-state index in [1.807, 2.05) is 0 Å². The average molecular weight is 300 g/mol. The predicted octanol–water partition coefficient (Wildman–Crippen LogP) is 2.02. The summed E-state index contributed by atoms with van der Waals surface area (Å²) in [6.45, 7) is 2.07. The lowest BCUT2D eigenvalue weighted by atomic mass is 9.94. The summed E-state index contributed by atoms with van der Waals surface area (Å²) in [6.07, 6.45) is 4.98. The molecular formula is C15H24O6. The molecule has 0 aliphatic carbocycles. The van der Waals surface area contributed by atoms with Gasteiger partial charge in [0.05, 0.1) is 33.7 Å². The molecule has 0 aliphatic heterocycles. The van der Waals surface area contributed by atoms with Crippen LogP contribution in [-0.4, -0.2) is 39.2 Å². The molecule has 0 saturated carbocycles. The van der Waals surface area contributed by atoms with Gasteiger partial charge >= 0.3 is 17.9 Å². The maximum absolute atomic E-state index is 11.9. The Morgan fingerprint density at radius 1 is 1.00 bits per heavy atom. The second-order valence-corrected chi connectivity index (χ2v) is 4.50. The van der Waals surface area contributed by atoms with E-state index >= 15 is 0 Å². The van der Waals surface area contributed by atoms with E-state index in [0.717, 1.165) is 19.3 Å². The highest BCUT2D eigenvalue weighted by molar-refractivity contribution is 5.97. The normalized spacial score (nSPS) is 12.5. The Bertz CT molecular complexity index is 386. The molecule has 1 atom stereocenters. The topological polar surface area (TPSA) is 78.9 Å². The first-order chi connectivity index (χ1) is 10.0. The van der Waals surface area contributed by atoms with Crippen LogP contribution in [0.4, 0.5) is 0 Å². The Labute approximate surface area is 125 Å². The van der Waals surface area contributed by atoms with Crippen molar-refractivity contribution in [1.82, 2.24) is 0 Å². The third kappa shape index (κ3) is 6.92. The summed E-state index contributed by atoms with van der Waals surface area (Å²) in [6, 6.07) is 0. The fraction of sp³-hybridized carbons (Fsp3) is 0.667. The number of hydrogen-bond donors (Lipinski definition) is 0. The first-order valence-electron chi connectivity index (χ1n) is 6.94. The lowest BCUT2D eigenvalue weighted by molar-refractivity contribution is -0.152. The molecule has 0 N–H and O–H groups in total. The number of carbonyl (C=O) groups excluding carboxylic acids is 3. The number of rotatable bonds is 9. The van der Waals surface area contributed by atoms with Gasteiger partial charge < -0.3 is 14.2 Å². The first kappa shape index (κ1) is 19.1. The molecule has 0 radical (unpaired) electrons. The van der Waals surface area contributed by atoms with E-state index < -0.39 is 23.8 Å². The smallest absolute Gasteiger partial charge is 0.334 e. The van der Waals surface area contributed by atoms with Gasteiger partial charge in [0.25, 0.3) is 0 Å². The van der Waals surface area contributed by atoms with Crippen molar-refractivity contribution in [3.05, 3.63) is 11.6 Å². The van der Waals surface area contributed by atoms with E-state index in [4.69, 9.17) is 4.74 Å². The average Bonchev–Trinajstić information content (AvgIpc) is 2.51. The summed E-state index contributed by atoms with van der Waals surface area (Å²) < 4.78 is 13.9. The summed E-state index contributed by atoms with van der Waals surface area (Å²) in [5.41, 5.74) is 0.144. The standard InChI is InChI=1S/C15H24O6/c1-5-6-7-8-9-11(14(17)20-3)12(15(18)21-4)10-13(16)19-2/h9,12H,5-8,10H2,1-4H3/b11-9-. The molecule has 120 valence electrons. The van der Waals surface area contributed by atoms with Gasteiger partial charge in [-0.1, -0.05) is 25.8 Å². The van der Waals surface area contributed by atoms with Gasteiger partial charge in [-0.3, -0.25) is 9.59 Å². The molecule has 0 saturated heterocycles. The van der Waals surface area contributed by atoms with E-state index in [-0.39, 0.29) is 12.0 Å². The minimum absolute atomic E-state index is 0.144. The summed E-state index contributed by atoms with van der Waals surface area (Å²) in [5.74, 6) is -2.89. The van der Waals surface area contributed by atoms with Gasteiger partial charge in [-0.25, -0.2) is 4.79 Å². The molecule has 6 heteroatoms. The minimum Gasteiger partial charge on any atom is -0.469 e. The van der Waals surface area contributed by atoms with Crippen LogP contribution in [0.2, 0.25) is 0 Å². The SMILES string of the molecule is CCCCC/C=C(\C(=O)OC)C(CC(=O)OC)C(=O)OC. The molecule has 6 nitrogen and oxygen atoms in total. The van der Waals surface area contributed by atoms with E-state index in [1.165, 1.54) is 21.3 Å².